The number of rotatable bonds is 9. The average Bonchev–Trinajstić information content (AvgIpc) is 3.39. The molecule has 0 unspecified atom stereocenters. The number of anilines is 1. The molecular formula is C24H29N5O. The monoisotopic (exact) mass is 403 g/mol. The summed E-state index contributed by atoms with van der Waals surface area (Å²) < 4.78 is 7.99. The number of pyridine rings is 1. The summed E-state index contributed by atoms with van der Waals surface area (Å²) in [4.78, 5) is 13.6. The van der Waals surface area contributed by atoms with Crippen LogP contribution in [0.3, 0.4) is 0 Å². The molecule has 6 nitrogen and oxygen atoms in total. The van der Waals surface area contributed by atoms with Crippen molar-refractivity contribution in [3.8, 4) is 0 Å². The van der Waals surface area contributed by atoms with Crippen molar-refractivity contribution in [1.82, 2.24) is 19.4 Å². The van der Waals surface area contributed by atoms with Gasteiger partial charge in [0.1, 0.15) is 17.3 Å². The smallest absolute Gasteiger partial charge is 0.133 e. The second-order valence-corrected chi connectivity index (χ2v) is 7.94. The second kappa shape index (κ2) is 9.13. The number of para-hydroxylation sites is 1. The van der Waals surface area contributed by atoms with Gasteiger partial charge in [-0.3, -0.25) is 4.90 Å². The first-order valence-electron chi connectivity index (χ1n) is 10.4. The van der Waals surface area contributed by atoms with Crippen molar-refractivity contribution in [2.45, 2.75) is 33.0 Å². The molecule has 0 aliphatic rings. The minimum absolute atomic E-state index is 0.775. The van der Waals surface area contributed by atoms with E-state index in [0.717, 1.165) is 55.5 Å². The zero-order valence-corrected chi connectivity index (χ0v) is 18.0. The van der Waals surface area contributed by atoms with Crippen LogP contribution in [-0.4, -0.2) is 40.1 Å². The molecule has 0 radical (unpaired) electrons. The number of hydrogen-bond acceptors (Lipinski definition) is 5. The number of nitrogens with zero attached hydrogens (tertiary/aromatic N) is 5. The lowest BCUT2D eigenvalue weighted by atomic mass is 10.1. The first-order chi connectivity index (χ1) is 14.6. The lowest BCUT2D eigenvalue weighted by Crippen LogP contribution is -2.26. The maximum absolute atomic E-state index is 5.87. The highest BCUT2D eigenvalue weighted by atomic mass is 16.3. The maximum Gasteiger partial charge on any atom is 0.133 e. The van der Waals surface area contributed by atoms with Gasteiger partial charge in [0, 0.05) is 57.1 Å². The number of aromatic nitrogens is 3. The van der Waals surface area contributed by atoms with Crippen molar-refractivity contribution in [2.75, 3.05) is 25.5 Å². The van der Waals surface area contributed by atoms with Crippen LogP contribution < -0.4 is 4.90 Å². The molecule has 0 aliphatic heterocycles. The van der Waals surface area contributed by atoms with Gasteiger partial charge in [0.15, 0.2) is 0 Å². The quantitative estimate of drug-likeness (QED) is 0.412. The van der Waals surface area contributed by atoms with Crippen molar-refractivity contribution in [3.63, 3.8) is 0 Å². The molecule has 0 atom stereocenters. The molecule has 0 saturated carbocycles. The average molecular weight is 404 g/mol. The molecule has 0 bridgehead atoms. The molecule has 1 aromatic carbocycles. The molecule has 4 aromatic rings. The fourth-order valence-corrected chi connectivity index (χ4v) is 3.79. The van der Waals surface area contributed by atoms with Crippen molar-refractivity contribution in [3.05, 3.63) is 78.3 Å². The molecule has 0 fully saturated rings. The standard InChI is InChI=1S/C24H29N5O/c1-19-9-10-22(30-19)17-29(13-6-12-28-14-11-25-18-28)16-21-15-20-7-4-5-8-23(20)26-24(21)27(2)3/h4-5,7-11,14-15,18H,6,12-13,16-17H2,1-3H3. The minimum atomic E-state index is 0.775. The number of benzene rings is 1. The van der Waals surface area contributed by atoms with E-state index in [2.05, 4.69) is 63.8 Å². The molecule has 0 aliphatic carbocycles. The molecule has 0 saturated heterocycles. The highest BCUT2D eigenvalue weighted by Gasteiger charge is 2.15. The third-order valence-electron chi connectivity index (χ3n) is 5.22. The van der Waals surface area contributed by atoms with Crippen LogP contribution in [0.2, 0.25) is 0 Å². The number of hydrogen-bond donors (Lipinski definition) is 0. The highest BCUT2D eigenvalue weighted by molar-refractivity contribution is 5.81. The van der Waals surface area contributed by atoms with Crippen molar-refractivity contribution < 1.29 is 4.42 Å². The van der Waals surface area contributed by atoms with Crippen LogP contribution in [0.25, 0.3) is 10.9 Å². The van der Waals surface area contributed by atoms with E-state index in [0.29, 0.717) is 0 Å². The zero-order chi connectivity index (χ0) is 20.9. The van der Waals surface area contributed by atoms with E-state index in [4.69, 9.17) is 9.40 Å². The van der Waals surface area contributed by atoms with Crippen LogP contribution in [0.15, 0.2) is 65.6 Å². The van der Waals surface area contributed by atoms with Gasteiger partial charge < -0.3 is 13.9 Å². The SMILES string of the molecule is Cc1ccc(CN(CCCn2ccnc2)Cc2cc3ccccc3nc2N(C)C)o1. The van der Waals surface area contributed by atoms with E-state index in [1.165, 1.54) is 10.9 Å². The molecule has 156 valence electrons. The Kier molecular flexibility index (Phi) is 6.14. The predicted molar refractivity (Wildman–Crippen MR) is 120 cm³/mol. The number of aryl methyl sites for hydroxylation is 2. The normalized spacial score (nSPS) is 11.5. The Balaban J connectivity index is 1.57. The van der Waals surface area contributed by atoms with E-state index in [-0.39, 0.29) is 0 Å². The van der Waals surface area contributed by atoms with Crippen LogP contribution in [0, 0.1) is 6.92 Å². The summed E-state index contributed by atoms with van der Waals surface area (Å²) in [5.74, 6) is 2.96. The van der Waals surface area contributed by atoms with Gasteiger partial charge in [-0.2, -0.15) is 0 Å². The molecule has 6 heteroatoms. The summed E-state index contributed by atoms with van der Waals surface area (Å²) >= 11 is 0. The van der Waals surface area contributed by atoms with Crippen molar-refractivity contribution >= 4 is 16.7 Å². The third-order valence-corrected chi connectivity index (χ3v) is 5.22. The van der Waals surface area contributed by atoms with E-state index < -0.39 is 0 Å². The summed E-state index contributed by atoms with van der Waals surface area (Å²) in [5, 5.41) is 1.17. The Morgan fingerprint density at radius 3 is 2.67 bits per heavy atom. The summed E-state index contributed by atoms with van der Waals surface area (Å²) in [6.45, 7) is 5.48. The van der Waals surface area contributed by atoms with Gasteiger partial charge in [-0.25, -0.2) is 9.97 Å². The Labute approximate surface area is 177 Å². The fourth-order valence-electron chi connectivity index (χ4n) is 3.79. The van der Waals surface area contributed by atoms with E-state index in [9.17, 15) is 0 Å². The first kappa shape index (κ1) is 20.2. The van der Waals surface area contributed by atoms with Crippen molar-refractivity contribution in [1.29, 1.82) is 0 Å². The predicted octanol–water partition coefficient (Wildman–Crippen LogP) is 4.49. The zero-order valence-electron chi connectivity index (χ0n) is 18.0. The lowest BCUT2D eigenvalue weighted by molar-refractivity contribution is 0.227. The van der Waals surface area contributed by atoms with Crippen molar-refractivity contribution in [2.24, 2.45) is 0 Å². The van der Waals surface area contributed by atoms with Gasteiger partial charge >= 0.3 is 0 Å². The molecule has 3 heterocycles. The van der Waals surface area contributed by atoms with Gasteiger partial charge in [-0.05, 0) is 37.6 Å². The van der Waals surface area contributed by atoms with Crippen LogP contribution >= 0.6 is 0 Å². The highest BCUT2D eigenvalue weighted by Crippen LogP contribution is 2.24. The van der Waals surface area contributed by atoms with Gasteiger partial charge in [-0.15, -0.1) is 0 Å². The molecule has 0 spiro atoms. The topological polar surface area (TPSA) is 50.3 Å². The Morgan fingerprint density at radius 2 is 1.93 bits per heavy atom. The summed E-state index contributed by atoms with van der Waals surface area (Å²) in [6.07, 6.45) is 6.75. The van der Waals surface area contributed by atoms with E-state index in [1.807, 2.05) is 37.8 Å². The number of furan rings is 1. The Hall–Kier alpha value is -3.12. The Bertz CT molecular complexity index is 1080. The lowest BCUT2D eigenvalue weighted by Gasteiger charge is -2.25. The fraction of sp³-hybridized carbons (Fsp3) is 0.333. The summed E-state index contributed by atoms with van der Waals surface area (Å²) in [7, 11) is 4.11. The second-order valence-electron chi connectivity index (χ2n) is 7.94. The minimum Gasteiger partial charge on any atom is -0.465 e. The molecular weight excluding hydrogens is 374 g/mol. The number of fused-ring (bicyclic) bond motifs is 1. The van der Waals surface area contributed by atoms with Gasteiger partial charge in [0.25, 0.3) is 0 Å². The summed E-state index contributed by atoms with van der Waals surface area (Å²) in [6, 6.07) is 14.7. The number of imidazole rings is 1. The van der Waals surface area contributed by atoms with Crippen LogP contribution in [0.4, 0.5) is 5.82 Å². The molecule has 30 heavy (non-hydrogen) atoms. The van der Waals surface area contributed by atoms with E-state index in [1.54, 1.807) is 0 Å². The van der Waals surface area contributed by atoms with Gasteiger partial charge in [0.2, 0.25) is 0 Å². The first-order valence-corrected chi connectivity index (χ1v) is 10.4. The van der Waals surface area contributed by atoms with Crippen LogP contribution in [0.1, 0.15) is 23.5 Å². The third kappa shape index (κ3) is 4.89. The van der Waals surface area contributed by atoms with Gasteiger partial charge in [-0.1, -0.05) is 18.2 Å². The molecule has 0 N–H and O–H groups in total. The molecule has 4 rings (SSSR count). The Morgan fingerprint density at radius 1 is 1.07 bits per heavy atom. The molecule has 0 amide bonds. The largest absolute Gasteiger partial charge is 0.465 e. The maximum atomic E-state index is 5.87. The summed E-state index contributed by atoms with van der Waals surface area (Å²) in [5.41, 5.74) is 2.25. The van der Waals surface area contributed by atoms with Crippen LogP contribution in [0.5, 0.6) is 0 Å². The van der Waals surface area contributed by atoms with Gasteiger partial charge in [0.05, 0.1) is 18.4 Å². The van der Waals surface area contributed by atoms with Crippen LogP contribution in [-0.2, 0) is 19.6 Å². The van der Waals surface area contributed by atoms with E-state index >= 15 is 0 Å². The molecule has 3 aromatic heterocycles.